The van der Waals surface area contributed by atoms with E-state index in [9.17, 15) is 0 Å². The molecule has 0 aliphatic carbocycles. The molecule has 0 atom stereocenters. The number of aromatic nitrogens is 1. The van der Waals surface area contributed by atoms with Crippen LogP contribution in [0.15, 0.2) is 29.5 Å². The van der Waals surface area contributed by atoms with E-state index in [0.29, 0.717) is 0 Å². The number of hydrogen-bond donors (Lipinski definition) is 0. The monoisotopic (exact) mass is 146 g/mol. The molecule has 1 aromatic heterocycles. The van der Waals surface area contributed by atoms with Crippen LogP contribution in [0.5, 0.6) is 0 Å². The standard InChI is InChI=1S/C8H8N3/c1-2-5-9-7(3-1)8-4-6-10-11-8/h1-3,5H,4,6H2. The summed E-state index contributed by atoms with van der Waals surface area (Å²) in [5.41, 5.74) is 5.85. The quantitative estimate of drug-likeness (QED) is 0.577. The third kappa shape index (κ3) is 1.22. The Balaban J connectivity index is 2.29. The first kappa shape index (κ1) is 6.34. The summed E-state index contributed by atoms with van der Waals surface area (Å²) in [6.45, 7) is 0.811. The molecular weight excluding hydrogens is 138 g/mol. The smallest absolute Gasteiger partial charge is 0.0901 e. The van der Waals surface area contributed by atoms with E-state index in [1.165, 1.54) is 0 Å². The van der Waals surface area contributed by atoms with Crippen molar-refractivity contribution >= 4 is 5.71 Å². The van der Waals surface area contributed by atoms with Gasteiger partial charge in [-0.25, -0.2) is 0 Å². The van der Waals surface area contributed by atoms with Crippen LogP contribution in [0.3, 0.4) is 0 Å². The van der Waals surface area contributed by atoms with Gasteiger partial charge in [0.25, 0.3) is 0 Å². The van der Waals surface area contributed by atoms with Crippen molar-refractivity contribution in [2.45, 2.75) is 6.42 Å². The zero-order valence-electron chi connectivity index (χ0n) is 6.07. The zero-order valence-corrected chi connectivity index (χ0v) is 6.07. The minimum Gasteiger partial charge on any atom is -0.255 e. The lowest BCUT2D eigenvalue weighted by Gasteiger charge is -1.94. The fraction of sp³-hybridized carbons (Fsp3) is 0.250. The van der Waals surface area contributed by atoms with E-state index < -0.39 is 0 Å². The van der Waals surface area contributed by atoms with Crippen LogP contribution in [-0.2, 0) is 0 Å². The fourth-order valence-corrected chi connectivity index (χ4v) is 1.05. The summed E-state index contributed by atoms with van der Waals surface area (Å²) < 4.78 is 0. The van der Waals surface area contributed by atoms with E-state index in [4.69, 9.17) is 0 Å². The summed E-state index contributed by atoms with van der Waals surface area (Å²) in [6, 6.07) is 5.82. The van der Waals surface area contributed by atoms with Gasteiger partial charge in [-0.3, -0.25) is 4.98 Å². The number of pyridine rings is 1. The van der Waals surface area contributed by atoms with Crippen molar-refractivity contribution in [1.82, 2.24) is 10.4 Å². The maximum Gasteiger partial charge on any atom is 0.0901 e. The summed E-state index contributed by atoms with van der Waals surface area (Å²) in [7, 11) is 0. The van der Waals surface area contributed by atoms with Gasteiger partial charge in [0, 0.05) is 12.6 Å². The van der Waals surface area contributed by atoms with Gasteiger partial charge < -0.3 is 0 Å². The van der Waals surface area contributed by atoms with Crippen LogP contribution in [0, 0.1) is 0 Å². The molecular formula is C8H8N3. The van der Waals surface area contributed by atoms with E-state index in [-0.39, 0.29) is 0 Å². The molecule has 1 radical (unpaired) electrons. The Morgan fingerprint density at radius 2 is 2.27 bits per heavy atom. The van der Waals surface area contributed by atoms with Gasteiger partial charge in [-0.15, -0.1) is 0 Å². The molecule has 2 heterocycles. The van der Waals surface area contributed by atoms with Gasteiger partial charge in [0.2, 0.25) is 0 Å². The van der Waals surface area contributed by atoms with Crippen LogP contribution in [0.4, 0.5) is 0 Å². The molecule has 0 fully saturated rings. The van der Waals surface area contributed by atoms with E-state index >= 15 is 0 Å². The topological polar surface area (TPSA) is 39.4 Å². The number of hydrogen-bond acceptors (Lipinski definition) is 2. The number of nitrogens with zero attached hydrogens (tertiary/aromatic N) is 3. The van der Waals surface area contributed by atoms with E-state index in [2.05, 4.69) is 15.5 Å². The Morgan fingerprint density at radius 3 is 2.91 bits per heavy atom. The van der Waals surface area contributed by atoms with Crippen LogP contribution >= 0.6 is 0 Å². The SMILES string of the molecule is c1ccc(C2=N[N]CC2)nc1. The predicted molar refractivity (Wildman–Crippen MR) is 42.4 cm³/mol. The van der Waals surface area contributed by atoms with E-state index in [1.54, 1.807) is 6.20 Å². The molecule has 0 saturated heterocycles. The molecule has 3 heteroatoms. The molecule has 0 unspecified atom stereocenters. The first-order chi connectivity index (χ1) is 5.47. The highest BCUT2D eigenvalue weighted by Gasteiger charge is 2.09. The van der Waals surface area contributed by atoms with Gasteiger partial charge in [-0.2, -0.15) is 10.5 Å². The second-order valence-corrected chi connectivity index (χ2v) is 2.38. The second-order valence-electron chi connectivity index (χ2n) is 2.38. The van der Waals surface area contributed by atoms with Gasteiger partial charge >= 0.3 is 0 Å². The van der Waals surface area contributed by atoms with Crippen LogP contribution in [0.2, 0.25) is 0 Å². The minimum absolute atomic E-state index is 0.811. The summed E-state index contributed by atoms with van der Waals surface area (Å²) >= 11 is 0. The Morgan fingerprint density at radius 1 is 1.27 bits per heavy atom. The van der Waals surface area contributed by atoms with Gasteiger partial charge in [-0.1, -0.05) is 6.07 Å². The van der Waals surface area contributed by atoms with Crippen LogP contribution in [-0.4, -0.2) is 17.2 Å². The molecule has 1 aliphatic rings. The lowest BCUT2D eigenvalue weighted by atomic mass is 10.2. The van der Waals surface area contributed by atoms with Gasteiger partial charge in [0.15, 0.2) is 0 Å². The second kappa shape index (κ2) is 2.70. The zero-order chi connectivity index (χ0) is 7.52. The van der Waals surface area contributed by atoms with Crippen molar-refractivity contribution in [1.29, 1.82) is 0 Å². The molecule has 0 spiro atoms. The molecule has 1 aliphatic heterocycles. The first-order valence-electron chi connectivity index (χ1n) is 3.61. The third-order valence-electron chi connectivity index (χ3n) is 1.60. The van der Waals surface area contributed by atoms with E-state index in [0.717, 1.165) is 24.4 Å². The Bertz CT molecular complexity index is 266. The summed E-state index contributed by atoms with van der Waals surface area (Å²) in [4.78, 5) is 4.17. The molecule has 2 rings (SSSR count). The molecule has 0 amide bonds. The molecule has 3 nitrogen and oxygen atoms in total. The highest BCUT2D eigenvalue weighted by molar-refractivity contribution is 5.99. The maximum atomic E-state index is 4.17. The van der Waals surface area contributed by atoms with Gasteiger partial charge in [-0.05, 0) is 12.1 Å². The van der Waals surface area contributed by atoms with Crippen molar-refractivity contribution in [3.8, 4) is 0 Å². The van der Waals surface area contributed by atoms with Gasteiger partial charge in [0.1, 0.15) is 0 Å². The lowest BCUT2D eigenvalue weighted by Crippen LogP contribution is -1.99. The first-order valence-corrected chi connectivity index (χ1v) is 3.61. The molecule has 55 valence electrons. The summed E-state index contributed by atoms with van der Waals surface area (Å²) in [5, 5.41) is 3.99. The Labute approximate surface area is 65.2 Å². The lowest BCUT2D eigenvalue weighted by molar-refractivity contribution is 0.795. The summed E-state index contributed by atoms with van der Waals surface area (Å²) in [5.74, 6) is 0. The van der Waals surface area contributed by atoms with Gasteiger partial charge in [0.05, 0.1) is 18.0 Å². The molecule has 11 heavy (non-hydrogen) atoms. The van der Waals surface area contributed by atoms with E-state index in [1.807, 2.05) is 18.2 Å². The average molecular weight is 146 g/mol. The fourth-order valence-electron chi connectivity index (χ4n) is 1.05. The minimum atomic E-state index is 0.811. The van der Waals surface area contributed by atoms with Crippen molar-refractivity contribution in [3.05, 3.63) is 30.1 Å². The Kier molecular flexibility index (Phi) is 1.55. The van der Waals surface area contributed by atoms with Crippen molar-refractivity contribution in [2.75, 3.05) is 6.54 Å². The third-order valence-corrected chi connectivity index (χ3v) is 1.60. The Hall–Kier alpha value is -1.38. The van der Waals surface area contributed by atoms with Crippen LogP contribution < -0.4 is 5.43 Å². The van der Waals surface area contributed by atoms with Crippen LogP contribution in [0.1, 0.15) is 12.1 Å². The maximum absolute atomic E-state index is 4.17. The largest absolute Gasteiger partial charge is 0.255 e. The highest BCUT2D eigenvalue weighted by atomic mass is 15.3. The number of rotatable bonds is 1. The normalized spacial score (nSPS) is 15.8. The predicted octanol–water partition coefficient (Wildman–Crippen LogP) is 0.794. The van der Waals surface area contributed by atoms with Crippen molar-refractivity contribution in [2.24, 2.45) is 5.10 Å². The van der Waals surface area contributed by atoms with Crippen LogP contribution in [0.25, 0.3) is 0 Å². The molecule has 0 N–H and O–H groups in total. The molecule has 0 aromatic carbocycles. The average Bonchev–Trinajstić information content (AvgIpc) is 2.58. The highest BCUT2D eigenvalue weighted by Crippen LogP contribution is 2.04. The summed E-state index contributed by atoms with van der Waals surface area (Å²) in [6.07, 6.45) is 2.70. The molecule has 1 aromatic rings. The van der Waals surface area contributed by atoms with Crippen molar-refractivity contribution in [3.63, 3.8) is 0 Å². The molecule has 0 bridgehead atoms. The molecule has 0 saturated carbocycles. The van der Waals surface area contributed by atoms with Crippen molar-refractivity contribution < 1.29 is 0 Å².